The molecule has 1 aromatic heterocycles. The highest BCUT2D eigenvalue weighted by atomic mass is 16.2. The predicted molar refractivity (Wildman–Crippen MR) is 140 cm³/mol. The van der Waals surface area contributed by atoms with Gasteiger partial charge in [0.2, 0.25) is 5.91 Å². The Hall–Kier alpha value is -2.45. The Bertz CT molecular complexity index is 1090. The second kappa shape index (κ2) is 10.1. The third-order valence-electron chi connectivity index (χ3n) is 9.21. The molecule has 0 radical (unpaired) electrons. The van der Waals surface area contributed by atoms with Gasteiger partial charge >= 0.3 is 0 Å². The highest BCUT2D eigenvalue weighted by Crippen LogP contribution is 2.36. The van der Waals surface area contributed by atoms with Gasteiger partial charge in [-0.2, -0.15) is 5.10 Å². The first-order valence-electron chi connectivity index (χ1n) is 14.1. The lowest BCUT2D eigenvalue weighted by atomic mass is 9.97. The fraction of sp³-hybridized carbons (Fsp3) is 0.679. The van der Waals surface area contributed by atoms with Gasteiger partial charge in [0.25, 0.3) is 5.91 Å². The summed E-state index contributed by atoms with van der Waals surface area (Å²) in [6, 6.07) is 9.97. The molecule has 1 unspecified atom stereocenters. The zero-order chi connectivity index (χ0) is 24.6. The van der Waals surface area contributed by atoms with Gasteiger partial charge in [-0.1, -0.05) is 31.0 Å². The molecule has 1 aliphatic carbocycles. The molecule has 1 aromatic carbocycles. The number of nitrogens with zero attached hydrogens (tertiary/aromatic N) is 5. The van der Waals surface area contributed by atoms with Crippen LogP contribution in [0.25, 0.3) is 10.9 Å². The van der Waals surface area contributed by atoms with Gasteiger partial charge in [0.05, 0.1) is 11.6 Å². The van der Waals surface area contributed by atoms with E-state index in [1.807, 2.05) is 23.1 Å². The van der Waals surface area contributed by atoms with Crippen molar-refractivity contribution in [2.75, 3.05) is 39.3 Å². The molecule has 2 bridgehead atoms. The van der Waals surface area contributed by atoms with Crippen molar-refractivity contribution in [1.82, 2.24) is 29.8 Å². The van der Waals surface area contributed by atoms with E-state index in [9.17, 15) is 9.59 Å². The number of para-hydroxylation sites is 1. The number of benzene rings is 1. The second-order valence-corrected chi connectivity index (χ2v) is 11.4. The molecule has 8 heteroatoms. The Morgan fingerprint density at radius 1 is 0.917 bits per heavy atom. The number of carbonyl (C=O) groups excluding carboxylic acids is 2. The molecule has 2 amide bonds. The van der Waals surface area contributed by atoms with Crippen molar-refractivity contribution >= 4 is 22.7 Å². The van der Waals surface area contributed by atoms with E-state index in [2.05, 4.69) is 25.9 Å². The van der Waals surface area contributed by atoms with Crippen molar-refractivity contribution in [2.45, 2.75) is 82.5 Å². The van der Waals surface area contributed by atoms with E-state index in [4.69, 9.17) is 5.10 Å². The van der Waals surface area contributed by atoms with Crippen molar-refractivity contribution in [3.05, 3.63) is 30.0 Å². The third-order valence-corrected chi connectivity index (χ3v) is 9.21. The largest absolute Gasteiger partial charge is 0.348 e. The Morgan fingerprint density at radius 3 is 2.31 bits per heavy atom. The summed E-state index contributed by atoms with van der Waals surface area (Å²) in [6.45, 7) is 7.47. The number of aromatic nitrogens is 2. The van der Waals surface area contributed by atoms with Gasteiger partial charge in [-0.3, -0.25) is 24.1 Å². The van der Waals surface area contributed by atoms with Gasteiger partial charge in [0.1, 0.15) is 0 Å². The first-order chi connectivity index (χ1) is 17.6. The quantitative estimate of drug-likeness (QED) is 0.671. The van der Waals surface area contributed by atoms with E-state index in [1.54, 1.807) is 6.92 Å². The minimum atomic E-state index is -0.0101. The molecule has 1 saturated carbocycles. The van der Waals surface area contributed by atoms with Crippen LogP contribution >= 0.6 is 0 Å². The number of piperidine rings is 1. The molecule has 4 fully saturated rings. The monoisotopic (exact) mass is 492 g/mol. The number of nitrogens with one attached hydrogen (secondary N) is 1. The Balaban J connectivity index is 1.06. The standard InChI is InChI=1S/C28H40N6O2/c1-20(35)32-15-12-31(13-16-32)14-17-33-23-10-11-24(33)19-21(18-23)29-28(36)27-25-8-4-5-9-26(25)34(30-27)22-6-2-3-7-22/h4-5,8-9,21-24H,2-3,6-7,10-19H2,1H3,(H,29,36)/t21?,23-,24+. The smallest absolute Gasteiger partial charge is 0.272 e. The maximum Gasteiger partial charge on any atom is 0.272 e. The van der Waals surface area contributed by atoms with Crippen molar-refractivity contribution in [3.8, 4) is 0 Å². The lowest BCUT2D eigenvalue weighted by Crippen LogP contribution is -2.54. The van der Waals surface area contributed by atoms with E-state index in [1.165, 1.54) is 25.7 Å². The van der Waals surface area contributed by atoms with Crippen LogP contribution in [-0.2, 0) is 4.79 Å². The Morgan fingerprint density at radius 2 is 1.61 bits per heavy atom. The van der Waals surface area contributed by atoms with Crippen molar-refractivity contribution in [1.29, 1.82) is 0 Å². The SMILES string of the molecule is CC(=O)N1CCN(CCN2[C@@H]3CC[C@H]2CC(NC(=O)c2nn(C4CCCC4)c4ccccc24)C3)CC1. The van der Waals surface area contributed by atoms with Crippen LogP contribution in [0.4, 0.5) is 0 Å². The van der Waals surface area contributed by atoms with Gasteiger partial charge in [-0.25, -0.2) is 0 Å². The van der Waals surface area contributed by atoms with Gasteiger partial charge in [-0.15, -0.1) is 0 Å². The summed E-state index contributed by atoms with van der Waals surface area (Å²) in [7, 11) is 0. The molecule has 3 aliphatic heterocycles. The predicted octanol–water partition coefficient (Wildman–Crippen LogP) is 3.04. The topological polar surface area (TPSA) is 73.7 Å². The molecule has 194 valence electrons. The number of piperazine rings is 1. The summed E-state index contributed by atoms with van der Waals surface area (Å²) >= 11 is 0. The number of fused-ring (bicyclic) bond motifs is 3. The number of hydrogen-bond acceptors (Lipinski definition) is 5. The van der Waals surface area contributed by atoms with E-state index in [0.717, 1.165) is 75.9 Å². The summed E-state index contributed by atoms with van der Waals surface area (Å²) in [5.41, 5.74) is 1.69. The highest BCUT2D eigenvalue weighted by molar-refractivity contribution is 6.05. The second-order valence-electron chi connectivity index (χ2n) is 11.4. The van der Waals surface area contributed by atoms with Gasteiger partial charge in [-0.05, 0) is 44.6 Å². The lowest BCUT2D eigenvalue weighted by molar-refractivity contribution is -0.130. The zero-order valence-electron chi connectivity index (χ0n) is 21.6. The van der Waals surface area contributed by atoms with E-state index in [0.29, 0.717) is 23.8 Å². The van der Waals surface area contributed by atoms with Crippen LogP contribution in [0.1, 0.15) is 74.8 Å². The fourth-order valence-corrected chi connectivity index (χ4v) is 7.24. The lowest BCUT2D eigenvalue weighted by Gasteiger charge is -2.41. The molecule has 0 spiro atoms. The Kier molecular flexibility index (Phi) is 6.73. The maximum absolute atomic E-state index is 13.4. The van der Waals surface area contributed by atoms with Crippen LogP contribution in [-0.4, -0.2) is 93.7 Å². The number of amides is 2. The normalized spacial score (nSPS) is 27.7. The van der Waals surface area contributed by atoms with Crippen molar-refractivity contribution in [2.24, 2.45) is 0 Å². The van der Waals surface area contributed by atoms with Crippen LogP contribution in [0.2, 0.25) is 0 Å². The molecule has 3 atom stereocenters. The molecule has 6 rings (SSSR count). The average Bonchev–Trinajstić information content (AvgIpc) is 3.60. The van der Waals surface area contributed by atoms with E-state index < -0.39 is 0 Å². The summed E-state index contributed by atoms with van der Waals surface area (Å²) in [5, 5.41) is 9.23. The zero-order valence-corrected chi connectivity index (χ0v) is 21.6. The first-order valence-corrected chi connectivity index (χ1v) is 14.1. The van der Waals surface area contributed by atoms with Gasteiger partial charge < -0.3 is 10.2 Å². The minimum Gasteiger partial charge on any atom is -0.348 e. The Labute approximate surface area is 214 Å². The molecule has 4 heterocycles. The summed E-state index contributed by atoms with van der Waals surface area (Å²) in [6.07, 6.45) is 9.32. The summed E-state index contributed by atoms with van der Waals surface area (Å²) < 4.78 is 2.12. The average molecular weight is 493 g/mol. The number of carbonyl (C=O) groups is 2. The van der Waals surface area contributed by atoms with Crippen LogP contribution < -0.4 is 5.32 Å². The van der Waals surface area contributed by atoms with Crippen LogP contribution in [0.15, 0.2) is 24.3 Å². The molecule has 1 N–H and O–H groups in total. The maximum atomic E-state index is 13.4. The van der Waals surface area contributed by atoms with Crippen molar-refractivity contribution in [3.63, 3.8) is 0 Å². The van der Waals surface area contributed by atoms with E-state index >= 15 is 0 Å². The van der Waals surface area contributed by atoms with Gasteiger partial charge in [0.15, 0.2) is 5.69 Å². The van der Waals surface area contributed by atoms with Crippen LogP contribution in [0, 0.1) is 0 Å². The summed E-state index contributed by atoms with van der Waals surface area (Å²) in [5.74, 6) is 0.180. The minimum absolute atomic E-state index is 0.0101. The van der Waals surface area contributed by atoms with Crippen LogP contribution in [0.3, 0.4) is 0 Å². The van der Waals surface area contributed by atoms with Crippen LogP contribution in [0.5, 0.6) is 0 Å². The fourth-order valence-electron chi connectivity index (χ4n) is 7.24. The van der Waals surface area contributed by atoms with E-state index in [-0.39, 0.29) is 17.9 Å². The molecule has 8 nitrogen and oxygen atoms in total. The first kappa shape index (κ1) is 23.9. The van der Waals surface area contributed by atoms with Gasteiger partial charge in [0, 0.05) is 69.7 Å². The molecule has 36 heavy (non-hydrogen) atoms. The number of hydrogen-bond donors (Lipinski definition) is 1. The summed E-state index contributed by atoms with van der Waals surface area (Å²) in [4.78, 5) is 32.2. The molecular formula is C28H40N6O2. The van der Waals surface area contributed by atoms with Crippen molar-refractivity contribution < 1.29 is 9.59 Å². The molecule has 3 saturated heterocycles. The molecular weight excluding hydrogens is 452 g/mol. The third kappa shape index (κ3) is 4.65. The highest BCUT2D eigenvalue weighted by Gasteiger charge is 2.41. The molecule has 2 aromatic rings. The number of rotatable bonds is 6. The molecule has 4 aliphatic rings.